The van der Waals surface area contributed by atoms with Crippen molar-refractivity contribution in [3.8, 4) is 0 Å². The molecule has 1 saturated carbocycles. The van der Waals surface area contributed by atoms with E-state index in [0.717, 1.165) is 13.1 Å². The van der Waals surface area contributed by atoms with Crippen molar-refractivity contribution in [2.75, 3.05) is 13.2 Å². The lowest BCUT2D eigenvalue weighted by Crippen LogP contribution is -2.26. The van der Waals surface area contributed by atoms with Gasteiger partial charge in [0.1, 0.15) is 0 Å². The standard InChI is InChI=1S/C13H20BrNOS/c1-9-13(14)5-12(17-9)7-15-6-10-3-2-4-11(10)8-16/h5,10-11,15-16H,2-4,6-8H2,1H3. The Morgan fingerprint density at radius 2 is 2.24 bits per heavy atom. The van der Waals surface area contributed by atoms with E-state index in [0.29, 0.717) is 18.4 Å². The number of aryl methyl sites for hydroxylation is 1. The minimum absolute atomic E-state index is 0.357. The van der Waals surface area contributed by atoms with Gasteiger partial charge in [0.15, 0.2) is 0 Å². The molecule has 1 fully saturated rings. The average Bonchev–Trinajstić information content (AvgIpc) is 2.87. The summed E-state index contributed by atoms with van der Waals surface area (Å²) in [4.78, 5) is 2.73. The number of aliphatic hydroxyl groups is 1. The topological polar surface area (TPSA) is 32.3 Å². The molecule has 2 atom stereocenters. The summed E-state index contributed by atoms with van der Waals surface area (Å²) in [6, 6.07) is 2.20. The molecule has 1 heterocycles. The van der Waals surface area contributed by atoms with Gasteiger partial charge in [-0.3, -0.25) is 0 Å². The van der Waals surface area contributed by atoms with Gasteiger partial charge >= 0.3 is 0 Å². The van der Waals surface area contributed by atoms with Gasteiger partial charge in [0.05, 0.1) is 0 Å². The predicted molar refractivity (Wildman–Crippen MR) is 76.4 cm³/mol. The van der Waals surface area contributed by atoms with Gasteiger partial charge in [-0.2, -0.15) is 0 Å². The highest BCUT2D eigenvalue weighted by atomic mass is 79.9. The number of thiophene rings is 1. The van der Waals surface area contributed by atoms with E-state index in [2.05, 4.69) is 34.2 Å². The highest BCUT2D eigenvalue weighted by Gasteiger charge is 2.25. The molecule has 0 saturated heterocycles. The van der Waals surface area contributed by atoms with Crippen molar-refractivity contribution in [3.63, 3.8) is 0 Å². The van der Waals surface area contributed by atoms with Crippen LogP contribution < -0.4 is 5.32 Å². The molecule has 1 aliphatic carbocycles. The minimum Gasteiger partial charge on any atom is -0.396 e. The number of halogens is 1. The van der Waals surface area contributed by atoms with Gasteiger partial charge in [0, 0.05) is 27.4 Å². The third-order valence-electron chi connectivity index (χ3n) is 3.66. The van der Waals surface area contributed by atoms with Gasteiger partial charge in [0.25, 0.3) is 0 Å². The van der Waals surface area contributed by atoms with Crippen LogP contribution in [0, 0.1) is 18.8 Å². The minimum atomic E-state index is 0.357. The normalized spacial score (nSPS) is 24.4. The molecule has 2 nitrogen and oxygen atoms in total. The average molecular weight is 318 g/mol. The first-order valence-electron chi connectivity index (χ1n) is 6.27. The first-order valence-corrected chi connectivity index (χ1v) is 7.88. The van der Waals surface area contributed by atoms with Gasteiger partial charge in [-0.1, -0.05) is 6.42 Å². The lowest BCUT2D eigenvalue weighted by molar-refractivity contribution is 0.192. The van der Waals surface area contributed by atoms with Crippen molar-refractivity contribution in [2.45, 2.75) is 32.7 Å². The van der Waals surface area contributed by atoms with Gasteiger partial charge < -0.3 is 10.4 Å². The molecule has 0 spiro atoms. The summed E-state index contributed by atoms with van der Waals surface area (Å²) in [6.07, 6.45) is 3.75. The Morgan fingerprint density at radius 1 is 1.47 bits per heavy atom. The van der Waals surface area contributed by atoms with Gasteiger partial charge in [-0.25, -0.2) is 0 Å². The summed E-state index contributed by atoms with van der Waals surface area (Å²) in [7, 11) is 0. The maximum Gasteiger partial charge on any atom is 0.0462 e. The van der Waals surface area contributed by atoms with Crippen LogP contribution >= 0.6 is 27.3 Å². The maximum absolute atomic E-state index is 9.26. The zero-order valence-electron chi connectivity index (χ0n) is 10.2. The van der Waals surface area contributed by atoms with E-state index in [4.69, 9.17) is 0 Å². The highest BCUT2D eigenvalue weighted by Crippen LogP contribution is 2.31. The smallest absolute Gasteiger partial charge is 0.0462 e. The summed E-state index contributed by atoms with van der Waals surface area (Å²) in [6.45, 7) is 4.48. The van der Waals surface area contributed by atoms with Crippen LogP contribution in [0.4, 0.5) is 0 Å². The van der Waals surface area contributed by atoms with Gasteiger partial charge in [0.2, 0.25) is 0 Å². The van der Waals surface area contributed by atoms with Crippen LogP contribution in [-0.2, 0) is 6.54 Å². The fourth-order valence-corrected chi connectivity index (χ4v) is 4.18. The summed E-state index contributed by atoms with van der Waals surface area (Å²) >= 11 is 5.39. The molecule has 0 aliphatic heterocycles. The van der Waals surface area contributed by atoms with E-state index in [1.807, 2.05) is 11.3 Å². The van der Waals surface area contributed by atoms with E-state index in [9.17, 15) is 5.11 Å². The molecule has 17 heavy (non-hydrogen) atoms. The quantitative estimate of drug-likeness (QED) is 0.873. The molecule has 0 amide bonds. The number of hydrogen-bond donors (Lipinski definition) is 2. The largest absolute Gasteiger partial charge is 0.396 e. The monoisotopic (exact) mass is 317 g/mol. The molecule has 4 heteroatoms. The van der Waals surface area contributed by atoms with E-state index < -0.39 is 0 Å². The molecule has 1 aromatic rings. The number of nitrogens with one attached hydrogen (secondary N) is 1. The molecular formula is C13H20BrNOS. The van der Waals surface area contributed by atoms with Crippen molar-refractivity contribution < 1.29 is 5.11 Å². The Hall–Kier alpha value is 0.100. The van der Waals surface area contributed by atoms with Crippen molar-refractivity contribution in [3.05, 3.63) is 20.3 Å². The molecule has 2 N–H and O–H groups in total. The van der Waals surface area contributed by atoms with Crippen molar-refractivity contribution in [1.29, 1.82) is 0 Å². The van der Waals surface area contributed by atoms with Crippen molar-refractivity contribution in [1.82, 2.24) is 5.32 Å². The molecule has 1 aliphatic rings. The summed E-state index contributed by atoms with van der Waals surface area (Å²) in [5.74, 6) is 1.20. The fourth-order valence-electron chi connectivity index (χ4n) is 2.61. The zero-order valence-corrected chi connectivity index (χ0v) is 12.6. The fraction of sp³-hybridized carbons (Fsp3) is 0.692. The second kappa shape index (κ2) is 6.32. The van der Waals surface area contributed by atoms with Crippen LogP contribution in [0.1, 0.15) is 29.0 Å². The summed E-state index contributed by atoms with van der Waals surface area (Å²) in [5.41, 5.74) is 0. The SMILES string of the molecule is Cc1sc(CNCC2CCCC2CO)cc1Br. The van der Waals surface area contributed by atoms with Crippen LogP contribution in [0.2, 0.25) is 0 Å². The second-order valence-electron chi connectivity index (χ2n) is 4.88. The molecule has 0 radical (unpaired) electrons. The third-order valence-corrected chi connectivity index (χ3v) is 5.80. The number of aliphatic hydroxyl groups excluding tert-OH is 1. The Balaban J connectivity index is 1.75. The van der Waals surface area contributed by atoms with Crippen LogP contribution in [0.25, 0.3) is 0 Å². The Kier molecular flexibility index (Phi) is 5.03. The summed E-state index contributed by atoms with van der Waals surface area (Å²) < 4.78 is 1.22. The van der Waals surface area contributed by atoms with Crippen molar-refractivity contribution >= 4 is 27.3 Å². The lowest BCUT2D eigenvalue weighted by atomic mass is 9.97. The Labute approximate surface area is 116 Å². The maximum atomic E-state index is 9.26. The van der Waals surface area contributed by atoms with Gasteiger partial charge in [-0.15, -0.1) is 11.3 Å². The molecule has 0 aromatic carbocycles. The van der Waals surface area contributed by atoms with Gasteiger partial charge in [-0.05, 0) is 60.1 Å². The summed E-state index contributed by atoms with van der Waals surface area (Å²) in [5, 5.41) is 12.8. The number of rotatable bonds is 5. The van der Waals surface area contributed by atoms with Crippen LogP contribution in [0.5, 0.6) is 0 Å². The first-order chi connectivity index (χ1) is 8.20. The van der Waals surface area contributed by atoms with E-state index in [1.165, 1.54) is 33.5 Å². The molecule has 0 bridgehead atoms. The predicted octanol–water partition coefficient (Wildman–Crippen LogP) is 3.32. The van der Waals surface area contributed by atoms with E-state index in [-0.39, 0.29) is 0 Å². The third kappa shape index (κ3) is 3.53. The van der Waals surface area contributed by atoms with Crippen LogP contribution in [0.15, 0.2) is 10.5 Å². The lowest BCUT2D eigenvalue weighted by Gasteiger charge is -2.17. The Bertz CT molecular complexity index is 347. The van der Waals surface area contributed by atoms with E-state index in [1.54, 1.807) is 0 Å². The molecular weight excluding hydrogens is 298 g/mol. The molecule has 2 rings (SSSR count). The first kappa shape index (κ1) is 13.5. The van der Waals surface area contributed by atoms with E-state index >= 15 is 0 Å². The van der Waals surface area contributed by atoms with Crippen LogP contribution in [0.3, 0.4) is 0 Å². The zero-order chi connectivity index (χ0) is 12.3. The molecule has 96 valence electrons. The number of hydrogen-bond acceptors (Lipinski definition) is 3. The molecule has 2 unspecified atom stereocenters. The second-order valence-corrected chi connectivity index (χ2v) is 7.08. The van der Waals surface area contributed by atoms with Crippen LogP contribution in [-0.4, -0.2) is 18.3 Å². The Morgan fingerprint density at radius 3 is 2.88 bits per heavy atom. The van der Waals surface area contributed by atoms with Crippen molar-refractivity contribution in [2.24, 2.45) is 11.8 Å². The highest BCUT2D eigenvalue weighted by molar-refractivity contribution is 9.10. The molecule has 1 aromatic heterocycles.